The monoisotopic (exact) mass is 406 g/mol. The van der Waals surface area contributed by atoms with Crippen molar-refractivity contribution in [3.63, 3.8) is 0 Å². The molecule has 0 radical (unpaired) electrons. The van der Waals surface area contributed by atoms with Crippen LogP contribution >= 0.6 is 0 Å². The van der Waals surface area contributed by atoms with Crippen molar-refractivity contribution in [3.8, 4) is 0 Å². The second kappa shape index (κ2) is 9.25. The first-order chi connectivity index (χ1) is 13.2. The number of aryl methyl sites for hydroxylation is 1. The van der Waals surface area contributed by atoms with Crippen LogP contribution in [0.3, 0.4) is 0 Å². The van der Waals surface area contributed by atoms with E-state index < -0.39 is 34.3 Å². The number of carbonyl (C=O) groups is 2. The summed E-state index contributed by atoms with van der Waals surface area (Å²) in [5.74, 6) is -2.12. The zero-order valence-electron chi connectivity index (χ0n) is 15.1. The Bertz CT molecular complexity index is 988. The van der Waals surface area contributed by atoms with E-state index in [0.717, 1.165) is 0 Å². The second-order valence-electron chi connectivity index (χ2n) is 5.77. The van der Waals surface area contributed by atoms with Crippen molar-refractivity contribution in [2.75, 3.05) is 18.5 Å². The van der Waals surface area contributed by atoms with Gasteiger partial charge in [-0.2, -0.15) is 0 Å². The number of halogens is 1. The van der Waals surface area contributed by atoms with Gasteiger partial charge in [-0.25, -0.2) is 22.3 Å². The van der Waals surface area contributed by atoms with Gasteiger partial charge >= 0.3 is 5.97 Å². The van der Waals surface area contributed by atoms with Crippen molar-refractivity contribution < 1.29 is 27.1 Å². The number of anilines is 1. The van der Waals surface area contributed by atoms with Crippen LogP contribution in [0.1, 0.15) is 15.9 Å². The molecule has 0 aliphatic rings. The van der Waals surface area contributed by atoms with Gasteiger partial charge < -0.3 is 10.1 Å². The third-order valence-electron chi connectivity index (χ3n) is 3.55. The molecule has 28 heavy (non-hydrogen) atoms. The first-order valence-corrected chi connectivity index (χ1v) is 9.65. The summed E-state index contributed by atoms with van der Waals surface area (Å²) in [5, 5.41) is 2.31. The summed E-state index contributed by atoms with van der Waals surface area (Å²) >= 11 is 0. The fraction of sp³-hybridized carbons (Fsp3) is 0.158. The van der Waals surface area contributed by atoms with Crippen LogP contribution in [0.5, 0.6) is 0 Å². The van der Waals surface area contributed by atoms with Crippen molar-refractivity contribution in [1.29, 1.82) is 0 Å². The highest BCUT2D eigenvalue weighted by Crippen LogP contribution is 2.15. The minimum absolute atomic E-state index is 0.0202. The molecule has 2 N–H and O–H groups in total. The van der Waals surface area contributed by atoms with Crippen molar-refractivity contribution in [3.05, 3.63) is 72.1 Å². The maximum atomic E-state index is 13.7. The van der Waals surface area contributed by atoms with Crippen molar-refractivity contribution >= 4 is 27.6 Å². The maximum absolute atomic E-state index is 13.7. The molecular formula is C19H19FN2O5S. The largest absolute Gasteiger partial charge is 0.452 e. The molecular weight excluding hydrogens is 387 g/mol. The number of hydrogen-bond donors (Lipinski definition) is 2. The van der Waals surface area contributed by atoms with Gasteiger partial charge in [-0.15, -0.1) is 6.58 Å². The Kier molecular flexibility index (Phi) is 7.02. The third kappa shape index (κ3) is 5.73. The minimum atomic E-state index is -3.71. The molecule has 0 bridgehead atoms. The zero-order chi connectivity index (χ0) is 20.7. The van der Waals surface area contributed by atoms with E-state index in [9.17, 15) is 22.4 Å². The van der Waals surface area contributed by atoms with Gasteiger partial charge in [-0.05, 0) is 48.9 Å². The smallest absolute Gasteiger partial charge is 0.338 e. The Balaban J connectivity index is 1.94. The Morgan fingerprint density at radius 1 is 1.18 bits per heavy atom. The lowest BCUT2D eigenvalue weighted by Crippen LogP contribution is -2.24. The summed E-state index contributed by atoms with van der Waals surface area (Å²) in [6.45, 7) is 4.59. The molecule has 2 rings (SSSR count). The standard InChI is InChI=1S/C19H19FN2O5S/c1-3-10-21-28(25,26)15-7-5-14(6-8-15)19(24)27-12-18(23)22-17-9-4-13(2)11-16(17)20/h3-9,11,21H,1,10,12H2,2H3,(H,22,23). The van der Waals surface area contributed by atoms with Gasteiger partial charge in [0.25, 0.3) is 5.91 Å². The zero-order valence-corrected chi connectivity index (χ0v) is 15.9. The van der Waals surface area contributed by atoms with Gasteiger partial charge in [-0.1, -0.05) is 12.1 Å². The van der Waals surface area contributed by atoms with Crippen molar-refractivity contribution in [1.82, 2.24) is 4.72 Å². The molecule has 0 aromatic heterocycles. The molecule has 0 atom stereocenters. The Hall–Kier alpha value is -3.04. The van der Waals surface area contributed by atoms with E-state index in [1.54, 1.807) is 13.0 Å². The fourth-order valence-electron chi connectivity index (χ4n) is 2.14. The highest BCUT2D eigenvalue weighted by atomic mass is 32.2. The Morgan fingerprint density at radius 2 is 1.86 bits per heavy atom. The van der Waals surface area contributed by atoms with Crippen LogP contribution in [0.4, 0.5) is 10.1 Å². The molecule has 2 aromatic rings. The molecule has 0 saturated carbocycles. The van der Waals surface area contributed by atoms with Gasteiger partial charge in [0.1, 0.15) is 5.82 Å². The van der Waals surface area contributed by atoms with Gasteiger partial charge in [0.05, 0.1) is 16.1 Å². The normalized spacial score (nSPS) is 10.9. The molecule has 0 unspecified atom stereocenters. The van der Waals surface area contributed by atoms with Gasteiger partial charge in [0.15, 0.2) is 6.61 Å². The van der Waals surface area contributed by atoms with Crippen LogP contribution in [-0.2, 0) is 19.6 Å². The molecule has 1 amide bonds. The summed E-state index contributed by atoms with van der Waals surface area (Å²) in [4.78, 5) is 23.8. The van der Waals surface area contributed by atoms with Gasteiger partial charge in [0.2, 0.25) is 10.0 Å². The number of hydrogen-bond acceptors (Lipinski definition) is 5. The second-order valence-corrected chi connectivity index (χ2v) is 7.54. The first kappa shape index (κ1) is 21.3. The predicted octanol–water partition coefficient (Wildman–Crippen LogP) is 2.39. The number of carbonyl (C=O) groups excluding carboxylic acids is 2. The van der Waals surface area contributed by atoms with Crippen LogP contribution < -0.4 is 10.0 Å². The van der Waals surface area contributed by atoms with E-state index in [1.807, 2.05) is 0 Å². The highest BCUT2D eigenvalue weighted by Gasteiger charge is 2.15. The van der Waals surface area contributed by atoms with Crippen LogP contribution in [0.25, 0.3) is 0 Å². The molecule has 9 heteroatoms. The van der Waals surface area contributed by atoms with E-state index in [2.05, 4.69) is 16.6 Å². The Labute approximate surface area is 162 Å². The number of esters is 1. The molecule has 0 spiro atoms. The molecule has 0 aliphatic carbocycles. The van der Waals surface area contributed by atoms with Crippen molar-refractivity contribution in [2.24, 2.45) is 0 Å². The summed E-state index contributed by atoms with van der Waals surface area (Å²) in [6.07, 6.45) is 1.40. The van der Waals surface area contributed by atoms with Crippen LogP contribution in [-0.4, -0.2) is 33.4 Å². The van der Waals surface area contributed by atoms with E-state index in [1.165, 1.54) is 42.5 Å². The summed E-state index contributed by atoms with van der Waals surface area (Å²) in [7, 11) is -3.71. The SMILES string of the molecule is C=CCNS(=O)(=O)c1ccc(C(=O)OCC(=O)Nc2ccc(C)cc2F)cc1. The van der Waals surface area contributed by atoms with Gasteiger partial charge in [-0.3, -0.25) is 4.79 Å². The van der Waals surface area contributed by atoms with Crippen LogP contribution in [0, 0.1) is 12.7 Å². The van der Waals surface area contributed by atoms with Crippen molar-refractivity contribution in [2.45, 2.75) is 11.8 Å². The molecule has 0 fully saturated rings. The first-order valence-electron chi connectivity index (χ1n) is 8.16. The number of sulfonamides is 1. The molecule has 7 nitrogen and oxygen atoms in total. The minimum Gasteiger partial charge on any atom is -0.452 e. The molecule has 0 aliphatic heterocycles. The predicted molar refractivity (Wildman–Crippen MR) is 102 cm³/mol. The quantitative estimate of drug-likeness (QED) is 0.518. The molecule has 0 saturated heterocycles. The highest BCUT2D eigenvalue weighted by molar-refractivity contribution is 7.89. The summed E-state index contributed by atoms with van der Waals surface area (Å²) < 4.78 is 44.8. The summed E-state index contributed by atoms with van der Waals surface area (Å²) in [6, 6.07) is 9.31. The molecule has 0 heterocycles. The summed E-state index contributed by atoms with van der Waals surface area (Å²) in [5.41, 5.74) is 0.748. The maximum Gasteiger partial charge on any atom is 0.338 e. The molecule has 148 valence electrons. The number of nitrogens with one attached hydrogen (secondary N) is 2. The number of amides is 1. The lowest BCUT2D eigenvalue weighted by Gasteiger charge is -2.09. The lowest BCUT2D eigenvalue weighted by molar-refractivity contribution is -0.119. The topological polar surface area (TPSA) is 102 Å². The molecule has 2 aromatic carbocycles. The average molecular weight is 406 g/mol. The third-order valence-corrected chi connectivity index (χ3v) is 4.99. The van der Waals surface area contributed by atoms with E-state index >= 15 is 0 Å². The van der Waals surface area contributed by atoms with Crippen LogP contribution in [0.15, 0.2) is 60.0 Å². The fourth-order valence-corrected chi connectivity index (χ4v) is 3.14. The Morgan fingerprint density at radius 3 is 2.46 bits per heavy atom. The van der Waals surface area contributed by atoms with E-state index in [0.29, 0.717) is 5.56 Å². The average Bonchev–Trinajstić information content (AvgIpc) is 2.67. The lowest BCUT2D eigenvalue weighted by atomic mass is 10.2. The van der Waals surface area contributed by atoms with Gasteiger partial charge in [0, 0.05) is 6.54 Å². The number of ether oxygens (including phenoxy) is 1. The number of benzene rings is 2. The van der Waals surface area contributed by atoms with E-state index in [4.69, 9.17) is 4.74 Å². The van der Waals surface area contributed by atoms with Crippen LogP contribution in [0.2, 0.25) is 0 Å². The van der Waals surface area contributed by atoms with E-state index in [-0.39, 0.29) is 22.7 Å². The number of rotatable bonds is 8.